The van der Waals surface area contributed by atoms with Gasteiger partial charge in [0.25, 0.3) is 5.91 Å². The molecule has 7 heteroatoms. The zero-order valence-electron chi connectivity index (χ0n) is 14.6. The van der Waals surface area contributed by atoms with Crippen LogP contribution >= 0.6 is 0 Å². The predicted molar refractivity (Wildman–Crippen MR) is 93.0 cm³/mol. The summed E-state index contributed by atoms with van der Waals surface area (Å²) in [5.74, 6) is -2.69. The van der Waals surface area contributed by atoms with Crippen molar-refractivity contribution in [1.82, 2.24) is 5.32 Å². The van der Waals surface area contributed by atoms with Crippen molar-refractivity contribution in [2.24, 2.45) is 0 Å². The Bertz CT molecular complexity index is 699. The minimum Gasteiger partial charge on any atom is -0.455 e. The fourth-order valence-electron chi connectivity index (χ4n) is 3.58. The van der Waals surface area contributed by atoms with E-state index in [4.69, 9.17) is 4.74 Å². The molecule has 1 aromatic rings. The fraction of sp³-hybridized carbons (Fsp3) is 0.526. The minimum absolute atomic E-state index is 0.0816. The summed E-state index contributed by atoms with van der Waals surface area (Å²) in [6.45, 7) is -0.371. The van der Waals surface area contributed by atoms with E-state index in [1.54, 1.807) is 0 Å². The van der Waals surface area contributed by atoms with Crippen LogP contribution in [0.5, 0.6) is 0 Å². The zero-order chi connectivity index (χ0) is 18.5. The van der Waals surface area contributed by atoms with Crippen LogP contribution in [0.1, 0.15) is 56.4 Å². The van der Waals surface area contributed by atoms with Crippen molar-refractivity contribution in [2.45, 2.75) is 56.9 Å². The summed E-state index contributed by atoms with van der Waals surface area (Å²) >= 11 is 0. The monoisotopic (exact) mass is 362 g/mol. The van der Waals surface area contributed by atoms with Gasteiger partial charge in [0.1, 0.15) is 5.82 Å². The van der Waals surface area contributed by atoms with Crippen molar-refractivity contribution < 1.29 is 23.5 Å². The highest BCUT2D eigenvalue weighted by Crippen LogP contribution is 2.33. The Morgan fingerprint density at radius 2 is 1.92 bits per heavy atom. The molecule has 6 nitrogen and oxygen atoms in total. The Morgan fingerprint density at radius 1 is 1.19 bits per heavy atom. The smallest absolute Gasteiger partial charge is 0.314 e. The molecule has 0 saturated heterocycles. The topological polar surface area (TPSA) is 84.5 Å². The number of hydrogen-bond acceptors (Lipinski definition) is 4. The first-order valence-electron chi connectivity index (χ1n) is 9.08. The Labute approximate surface area is 151 Å². The molecule has 1 saturated carbocycles. The first kappa shape index (κ1) is 18.4. The third-order valence-corrected chi connectivity index (χ3v) is 4.90. The lowest BCUT2D eigenvalue weighted by Gasteiger charge is -2.24. The van der Waals surface area contributed by atoms with Crippen LogP contribution in [-0.2, 0) is 19.1 Å². The number of halogens is 1. The summed E-state index contributed by atoms with van der Waals surface area (Å²) < 4.78 is 18.5. The maximum atomic E-state index is 13.3. The molecule has 1 aliphatic carbocycles. The van der Waals surface area contributed by atoms with Crippen molar-refractivity contribution in [2.75, 3.05) is 11.9 Å². The highest BCUT2D eigenvalue weighted by Gasteiger charge is 2.32. The number of carbonyl (C=O) groups is 3. The van der Waals surface area contributed by atoms with Crippen molar-refractivity contribution in [3.8, 4) is 0 Å². The quantitative estimate of drug-likeness (QED) is 0.637. The largest absolute Gasteiger partial charge is 0.455 e. The number of carbonyl (C=O) groups excluding carboxylic acids is 3. The van der Waals surface area contributed by atoms with Crippen molar-refractivity contribution in [1.29, 1.82) is 0 Å². The molecule has 1 aliphatic heterocycles. The number of benzene rings is 1. The molecule has 140 valence electrons. The van der Waals surface area contributed by atoms with Gasteiger partial charge in [-0.15, -0.1) is 0 Å². The van der Waals surface area contributed by atoms with E-state index >= 15 is 0 Å². The molecule has 0 radical (unpaired) electrons. The summed E-state index contributed by atoms with van der Waals surface area (Å²) in [5.41, 5.74) is 0.770. The Kier molecular flexibility index (Phi) is 5.85. The number of fused-ring (bicyclic) bond motifs is 1. The normalized spacial score (nSPS) is 20.5. The van der Waals surface area contributed by atoms with E-state index in [0.717, 1.165) is 25.7 Å². The van der Waals surface area contributed by atoms with Crippen LogP contribution in [-0.4, -0.2) is 30.4 Å². The van der Waals surface area contributed by atoms with Gasteiger partial charge in [0, 0.05) is 18.2 Å². The lowest BCUT2D eigenvalue weighted by molar-refractivity contribution is -0.151. The van der Waals surface area contributed by atoms with Gasteiger partial charge >= 0.3 is 5.97 Å². The molecule has 0 spiro atoms. The van der Waals surface area contributed by atoms with Crippen LogP contribution in [0.3, 0.4) is 0 Å². The molecule has 3 rings (SSSR count). The van der Waals surface area contributed by atoms with Gasteiger partial charge in [0.2, 0.25) is 5.91 Å². The number of hydrogen-bond donors (Lipinski definition) is 2. The minimum atomic E-state index is -0.829. The van der Waals surface area contributed by atoms with E-state index in [1.165, 1.54) is 31.0 Å². The highest BCUT2D eigenvalue weighted by atomic mass is 19.1. The van der Waals surface area contributed by atoms with Crippen LogP contribution in [0.25, 0.3) is 0 Å². The van der Waals surface area contributed by atoms with Crippen molar-refractivity contribution >= 4 is 23.5 Å². The average Bonchev–Trinajstić information content (AvgIpc) is 2.87. The molecule has 0 unspecified atom stereocenters. The molecule has 2 aliphatic rings. The second-order valence-electron chi connectivity index (χ2n) is 6.90. The molecule has 26 heavy (non-hydrogen) atoms. The summed E-state index contributed by atoms with van der Waals surface area (Å²) in [7, 11) is 0. The lowest BCUT2D eigenvalue weighted by Crippen LogP contribution is -2.38. The summed E-state index contributed by atoms with van der Waals surface area (Å²) in [5, 5.41) is 5.45. The maximum absolute atomic E-state index is 13.3. The maximum Gasteiger partial charge on any atom is 0.314 e. The summed E-state index contributed by atoms with van der Waals surface area (Å²) in [4.78, 5) is 36.2. The van der Waals surface area contributed by atoms with Crippen LogP contribution in [0, 0.1) is 5.82 Å². The standard InChI is InChI=1S/C19H23FN2O4/c20-12-7-8-14-15(10-17(23)22-16(14)9-12)19(25)26-11-18(24)21-13-5-3-1-2-4-6-13/h7-9,13,15H,1-6,10-11H2,(H,21,24)(H,22,23)/t15-/m0/s1. The lowest BCUT2D eigenvalue weighted by atomic mass is 9.90. The Morgan fingerprint density at radius 3 is 2.65 bits per heavy atom. The number of esters is 1. The van der Waals surface area contributed by atoms with E-state index in [2.05, 4.69) is 10.6 Å². The average molecular weight is 362 g/mol. The fourth-order valence-corrected chi connectivity index (χ4v) is 3.58. The number of anilines is 1. The van der Waals surface area contributed by atoms with Gasteiger partial charge < -0.3 is 15.4 Å². The third-order valence-electron chi connectivity index (χ3n) is 4.90. The molecule has 1 aromatic carbocycles. The highest BCUT2D eigenvalue weighted by molar-refractivity contribution is 6.00. The van der Waals surface area contributed by atoms with Gasteiger partial charge in [-0.2, -0.15) is 0 Å². The van der Waals surface area contributed by atoms with Gasteiger partial charge in [-0.3, -0.25) is 14.4 Å². The van der Waals surface area contributed by atoms with E-state index in [-0.39, 0.29) is 36.6 Å². The van der Waals surface area contributed by atoms with E-state index in [1.807, 2.05) is 0 Å². The molecule has 1 heterocycles. The molecule has 0 bridgehead atoms. The molecule has 1 fully saturated rings. The first-order chi connectivity index (χ1) is 12.5. The summed E-state index contributed by atoms with van der Waals surface area (Å²) in [6.07, 6.45) is 6.37. The molecule has 0 aromatic heterocycles. The van der Waals surface area contributed by atoms with Gasteiger partial charge in [-0.25, -0.2) is 4.39 Å². The second kappa shape index (κ2) is 8.29. The number of amides is 2. The van der Waals surface area contributed by atoms with Gasteiger partial charge in [-0.1, -0.05) is 31.7 Å². The second-order valence-corrected chi connectivity index (χ2v) is 6.90. The van der Waals surface area contributed by atoms with Gasteiger partial charge in [0.05, 0.1) is 5.92 Å². The van der Waals surface area contributed by atoms with Crippen LogP contribution in [0.15, 0.2) is 18.2 Å². The first-order valence-corrected chi connectivity index (χ1v) is 9.08. The van der Waals surface area contributed by atoms with Crippen molar-refractivity contribution in [3.05, 3.63) is 29.6 Å². The van der Waals surface area contributed by atoms with Crippen LogP contribution < -0.4 is 10.6 Å². The zero-order valence-corrected chi connectivity index (χ0v) is 14.6. The van der Waals surface area contributed by atoms with Crippen LogP contribution in [0.4, 0.5) is 10.1 Å². The molecule has 2 N–H and O–H groups in total. The Balaban J connectivity index is 1.56. The molecule has 1 atom stereocenters. The SMILES string of the molecule is O=C1C[C@H](C(=O)OCC(=O)NC2CCCCCC2)c2ccc(F)cc2N1. The van der Waals surface area contributed by atoms with Crippen LogP contribution in [0.2, 0.25) is 0 Å². The van der Waals surface area contributed by atoms with E-state index in [0.29, 0.717) is 5.56 Å². The molecule has 2 amide bonds. The molecular formula is C19H23FN2O4. The predicted octanol–water partition coefficient (Wildman–Crippen LogP) is 2.63. The van der Waals surface area contributed by atoms with Gasteiger partial charge in [-0.05, 0) is 30.5 Å². The molecular weight excluding hydrogens is 339 g/mol. The van der Waals surface area contributed by atoms with Gasteiger partial charge in [0.15, 0.2) is 6.61 Å². The summed E-state index contributed by atoms with van der Waals surface area (Å²) in [6, 6.07) is 4.00. The number of rotatable bonds is 4. The van der Waals surface area contributed by atoms with E-state index < -0.39 is 17.7 Å². The number of nitrogens with one attached hydrogen (secondary N) is 2. The van der Waals surface area contributed by atoms with E-state index in [9.17, 15) is 18.8 Å². The third kappa shape index (κ3) is 4.59. The number of ether oxygens (including phenoxy) is 1. The van der Waals surface area contributed by atoms with Crippen molar-refractivity contribution in [3.63, 3.8) is 0 Å². The Hall–Kier alpha value is -2.44.